The highest BCUT2D eigenvalue weighted by atomic mass is 16.3. The molecule has 1 nitrogen and oxygen atoms in total. The summed E-state index contributed by atoms with van der Waals surface area (Å²) in [5, 5.41) is 9.46. The van der Waals surface area contributed by atoms with Gasteiger partial charge in [0.1, 0.15) is 0 Å². The molecule has 1 heteroatoms. The van der Waals surface area contributed by atoms with Gasteiger partial charge in [-0.2, -0.15) is 0 Å². The summed E-state index contributed by atoms with van der Waals surface area (Å²) in [5.41, 5.74) is -0.466. The molecule has 0 saturated carbocycles. The molecular formula is C11H24O. The van der Waals surface area contributed by atoms with Gasteiger partial charge in [-0.25, -0.2) is 0 Å². The molecule has 0 bridgehead atoms. The molecule has 0 aromatic carbocycles. The third-order valence-electron chi connectivity index (χ3n) is 2.27. The zero-order valence-corrected chi connectivity index (χ0v) is 9.06. The van der Waals surface area contributed by atoms with Crippen LogP contribution in [-0.4, -0.2) is 10.7 Å². The van der Waals surface area contributed by atoms with Crippen LogP contribution in [0.25, 0.3) is 0 Å². The molecule has 0 saturated heterocycles. The molecule has 0 radical (unpaired) electrons. The second-order valence-corrected chi connectivity index (χ2v) is 4.60. The van der Waals surface area contributed by atoms with Gasteiger partial charge in [0.2, 0.25) is 0 Å². The number of rotatable bonds is 6. The van der Waals surface area contributed by atoms with Crippen LogP contribution >= 0.6 is 0 Å². The van der Waals surface area contributed by atoms with Crippen LogP contribution in [0.3, 0.4) is 0 Å². The number of hydrogen-bond donors (Lipinski definition) is 1. The minimum absolute atomic E-state index is 0.466. The average molecular weight is 172 g/mol. The maximum Gasteiger partial charge on any atom is 0.0591 e. The van der Waals surface area contributed by atoms with Gasteiger partial charge in [0.25, 0.3) is 0 Å². The van der Waals surface area contributed by atoms with Crippen molar-refractivity contribution in [2.45, 2.75) is 65.4 Å². The van der Waals surface area contributed by atoms with E-state index in [-0.39, 0.29) is 0 Å². The van der Waals surface area contributed by atoms with Gasteiger partial charge in [0.15, 0.2) is 0 Å². The van der Waals surface area contributed by atoms with Gasteiger partial charge < -0.3 is 5.11 Å². The fraction of sp³-hybridized carbons (Fsp3) is 1.00. The van der Waals surface area contributed by atoms with E-state index in [1.807, 2.05) is 13.8 Å². The van der Waals surface area contributed by atoms with Gasteiger partial charge in [-0.05, 0) is 26.2 Å². The number of aliphatic hydroxyl groups is 1. The summed E-state index contributed by atoms with van der Waals surface area (Å²) in [6, 6.07) is 0. The van der Waals surface area contributed by atoms with Crippen molar-refractivity contribution in [1.82, 2.24) is 0 Å². The standard InChI is InChI=1S/C11H24O/c1-5-7-10(2)8-6-9-11(3,4)12/h10,12H,5-9H2,1-4H3. The first-order valence-electron chi connectivity index (χ1n) is 5.18. The van der Waals surface area contributed by atoms with Gasteiger partial charge in [-0.15, -0.1) is 0 Å². The van der Waals surface area contributed by atoms with Gasteiger partial charge in [-0.1, -0.05) is 39.5 Å². The third-order valence-corrected chi connectivity index (χ3v) is 2.27. The first-order chi connectivity index (χ1) is 5.45. The van der Waals surface area contributed by atoms with Crippen LogP contribution in [0.4, 0.5) is 0 Å². The molecule has 74 valence electrons. The molecule has 0 aliphatic carbocycles. The normalized spacial score (nSPS) is 14.8. The van der Waals surface area contributed by atoms with Gasteiger partial charge >= 0.3 is 0 Å². The molecule has 1 unspecified atom stereocenters. The van der Waals surface area contributed by atoms with Crippen molar-refractivity contribution >= 4 is 0 Å². The molecular weight excluding hydrogens is 148 g/mol. The van der Waals surface area contributed by atoms with Crippen LogP contribution in [0.5, 0.6) is 0 Å². The molecule has 0 rings (SSSR count). The monoisotopic (exact) mass is 172 g/mol. The third kappa shape index (κ3) is 8.06. The summed E-state index contributed by atoms with van der Waals surface area (Å²) in [7, 11) is 0. The Balaban J connectivity index is 3.31. The van der Waals surface area contributed by atoms with Crippen LogP contribution in [0.1, 0.15) is 59.8 Å². The first-order valence-corrected chi connectivity index (χ1v) is 5.18. The van der Waals surface area contributed by atoms with Crippen LogP contribution in [-0.2, 0) is 0 Å². The van der Waals surface area contributed by atoms with E-state index in [1.165, 1.54) is 19.3 Å². The Morgan fingerprint density at radius 2 is 1.83 bits per heavy atom. The molecule has 0 aromatic heterocycles. The Bertz CT molecular complexity index is 102. The minimum Gasteiger partial charge on any atom is -0.390 e. The van der Waals surface area contributed by atoms with Crippen LogP contribution < -0.4 is 0 Å². The SMILES string of the molecule is CCCC(C)CCCC(C)(C)O. The molecule has 0 heterocycles. The predicted octanol–water partition coefficient (Wildman–Crippen LogP) is 3.36. The summed E-state index contributed by atoms with van der Waals surface area (Å²) in [6.07, 6.45) is 5.96. The van der Waals surface area contributed by atoms with Gasteiger partial charge in [0.05, 0.1) is 5.60 Å². The topological polar surface area (TPSA) is 20.2 Å². The van der Waals surface area contributed by atoms with Crippen molar-refractivity contribution in [3.05, 3.63) is 0 Å². The second kappa shape index (κ2) is 5.58. The zero-order valence-electron chi connectivity index (χ0n) is 9.06. The molecule has 1 atom stereocenters. The predicted molar refractivity (Wildman–Crippen MR) is 54.2 cm³/mol. The van der Waals surface area contributed by atoms with E-state index < -0.39 is 5.60 Å². The number of hydrogen-bond acceptors (Lipinski definition) is 1. The molecule has 0 spiro atoms. The van der Waals surface area contributed by atoms with Gasteiger partial charge in [-0.3, -0.25) is 0 Å². The Morgan fingerprint density at radius 1 is 1.25 bits per heavy atom. The molecule has 0 aliphatic heterocycles. The van der Waals surface area contributed by atoms with Crippen molar-refractivity contribution < 1.29 is 5.11 Å². The maximum absolute atomic E-state index is 9.46. The van der Waals surface area contributed by atoms with Crippen LogP contribution in [0.2, 0.25) is 0 Å². The Morgan fingerprint density at radius 3 is 2.25 bits per heavy atom. The lowest BCUT2D eigenvalue weighted by atomic mass is 9.95. The van der Waals surface area contributed by atoms with E-state index in [0.717, 1.165) is 18.8 Å². The highest BCUT2D eigenvalue weighted by molar-refractivity contribution is 4.65. The maximum atomic E-state index is 9.46. The van der Waals surface area contributed by atoms with Gasteiger partial charge in [0, 0.05) is 0 Å². The fourth-order valence-electron chi connectivity index (χ4n) is 1.52. The van der Waals surface area contributed by atoms with E-state index in [0.29, 0.717) is 0 Å². The van der Waals surface area contributed by atoms with Crippen molar-refractivity contribution in [2.75, 3.05) is 0 Å². The van der Waals surface area contributed by atoms with E-state index in [1.54, 1.807) is 0 Å². The first kappa shape index (κ1) is 12.0. The van der Waals surface area contributed by atoms with Crippen molar-refractivity contribution in [2.24, 2.45) is 5.92 Å². The van der Waals surface area contributed by atoms with Crippen molar-refractivity contribution in [3.8, 4) is 0 Å². The summed E-state index contributed by atoms with van der Waals surface area (Å²) >= 11 is 0. The molecule has 0 aromatic rings. The fourth-order valence-corrected chi connectivity index (χ4v) is 1.52. The second-order valence-electron chi connectivity index (χ2n) is 4.60. The molecule has 0 aliphatic rings. The Hall–Kier alpha value is -0.0400. The van der Waals surface area contributed by atoms with Crippen molar-refractivity contribution in [3.63, 3.8) is 0 Å². The zero-order chi connectivity index (χ0) is 9.61. The smallest absolute Gasteiger partial charge is 0.0591 e. The molecule has 0 fully saturated rings. The van der Waals surface area contributed by atoms with E-state index in [4.69, 9.17) is 0 Å². The van der Waals surface area contributed by atoms with E-state index >= 15 is 0 Å². The van der Waals surface area contributed by atoms with Crippen LogP contribution in [0, 0.1) is 5.92 Å². The summed E-state index contributed by atoms with van der Waals surface area (Å²) in [6.45, 7) is 8.30. The Kier molecular flexibility index (Phi) is 5.56. The summed E-state index contributed by atoms with van der Waals surface area (Å²) in [5.74, 6) is 0.831. The highest BCUT2D eigenvalue weighted by Gasteiger charge is 2.12. The largest absolute Gasteiger partial charge is 0.390 e. The van der Waals surface area contributed by atoms with Crippen molar-refractivity contribution in [1.29, 1.82) is 0 Å². The summed E-state index contributed by atoms with van der Waals surface area (Å²) < 4.78 is 0. The lowest BCUT2D eigenvalue weighted by Crippen LogP contribution is -2.18. The van der Waals surface area contributed by atoms with Crippen LogP contribution in [0.15, 0.2) is 0 Å². The highest BCUT2D eigenvalue weighted by Crippen LogP contribution is 2.18. The molecule has 0 amide bonds. The van der Waals surface area contributed by atoms with E-state index in [2.05, 4.69) is 13.8 Å². The minimum atomic E-state index is -0.466. The summed E-state index contributed by atoms with van der Waals surface area (Å²) in [4.78, 5) is 0. The lowest BCUT2D eigenvalue weighted by molar-refractivity contribution is 0.0669. The lowest BCUT2D eigenvalue weighted by Gasteiger charge is -2.18. The van der Waals surface area contributed by atoms with E-state index in [9.17, 15) is 5.11 Å². The Labute approximate surface area is 77.2 Å². The quantitative estimate of drug-likeness (QED) is 0.651. The molecule has 12 heavy (non-hydrogen) atoms. The average Bonchev–Trinajstić information content (AvgIpc) is 1.84. The molecule has 1 N–H and O–H groups in total.